The van der Waals surface area contributed by atoms with Gasteiger partial charge in [-0.15, -0.1) is 11.8 Å². The zero-order valence-corrected chi connectivity index (χ0v) is 35.4. The minimum absolute atomic E-state index is 0.0233. The highest BCUT2D eigenvalue weighted by Crippen LogP contribution is 2.54. The maximum absolute atomic E-state index is 2.55. The smallest absolute Gasteiger partial charge is 0.0587 e. The third kappa shape index (κ3) is 5.69. The van der Waals surface area contributed by atoms with Crippen molar-refractivity contribution in [2.45, 2.75) is 86.7 Å². The number of thioether (sulfide) groups is 1. The van der Waals surface area contributed by atoms with E-state index in [4.69, 9.17) is 0 Å². The molecule has 294 valence electrons. The summed E-state index contributed by atoms with van der Waals surface area (Å²) in [5, 5.41) is 3.24. The summed E-state index contributed by atoms with van der Waals surface area (Å²) in [6.07, 6.45) is 21.6. The predicted molar refractivity (Wildman–Crippen MR) is 256 cm³/mol. The SMILES string of the molecule is CC1(C)C2=C(CCC=C2)c2ccc(N(c3ccc(C4=CCCCC4)cc3)c3ccc(-c4ccc(-n5c6ccccc6c6ccc7c(c65)C5CCC=CC5S7)cc4)cc3)cc21. The van der Waals surface area contributed by atoms with Gasteiger partial charge in [0.25, 0.3) is 0 Å². The average Bonchev–Trinajstić information content (AvgIpc) is 3.93. The van der Waals surface area contributed by atoms with E-state index in [1.807, 2.05) is 0 Å². The van der Waals surface area contributed by atoms with Crippen molar-refractivity contribution in [1.82, 2.24) is 4.57 Å². The molecule has 0 N–H and O–H groups in total. The maximum Gasteiger partial charge on any atom is 0.0587 e. The van der Waals surface area contributed by atoms with Gasteiger partial charge in [0, 0.05) is 55.0 Å². The monoisotopic (exact) mass is 794 g/mol. The molecular weight excluding hydrogens is 745 g/mol. The number of hydrogen-bond donors (Lipinski definition) is 0. The van der Waals surface area contributed by atoms with E-state index in [1.54, 1.807) is 5.56 Å². The Balaban J connectivity index is 0.911. The first-order chi connectivity index (χ1) is 29.5. The Morgan fingerprint density at radius 1 is 0.667 bits per heavy atom. The lowest BCUT2D eigenvalue weighted by Crippen LogP contribution is -2.18. The van der Waals surface area contributed by atoms with Crippen LogP contribution in [-0.4, -0.2) is 9.82 Å². The van der Waals surface area contributed by atoms with Crippen molar-refractivity contribution in [3.8, 4) is 16.8 Å². The van der Waals surface area contributed by atoms with E-state index in [9.17, 15) is 0 Å². The van der Waals surface area contributed by atoms with Crippen LogP contribution >= 0.6 is 11.8 Å². The molecule has 2 unspecified atom stereocenters. The Kier molecular flexibility index (Phi) is 8.53. The summed E-state index contributed by atoms with van der Waals surface area (Å²) in [6.45, 7) is 4.81. The summed E-state index contributed by atoms with van der Waals surface area (Å²) in [5.74, 6) is 0.564. The molecule has 0 spiro atoms. The summed E-state index contributed by atoms with van der Waals surface area (Å²) in [5.41, 5.74) is 20.2. The molecule has 2 nitrogen and oxygen atoms in total. The highest BCUT2D eigenvalue weighted by Gasteiger charge is 2.38. The van der Waals surface area contributed by atoms with Crippen LogP contribution in [0, 0.1) is 0 Å². The van der Waals surface area contributed by atoms with Gasteiger partial charge in [0.1, 0.15) is 0 Å². The molecule has 4 aliphatic carbocycles. The van der Waals surface area contributed by atoms with Gasteiger partial charge in [-0.25, -0.2) is 0 Å². The number of allylic oxidation sites excluding steroid dienone is 7. The van der Waals surface area contributed by atoms with Crippen molar-refractivity contribution < 1.29 is 0 Å². The lowest BCUT2D eigenvalue weighted by molar-refractivity contribution is 0.636. The zero-order valence-electron chi connectivity index (χ0n) is 34.6. The van der Waals surface area contributed by atoms with Gasteiger partial charge in [0.2, 0.25) is 0 Å². The van der Waals surface area contributed by atoms with Gasteiger partial charge in [-0.3, -0.25) is 0 Å². The Morgan fingerprint density at radius 2 is 1.42 bits per heavy atom. The van der Waals surface area contributed by atoms with Crippen molar-refractivity contribution in [3.63, 3.8) is 0 Å². The van der Waals surface area contributed by atoms with Gasteiger partial charge in [-0.2, -0.15) is 0 Å². The van der Waals surface area contributed by atoms with Gasteiger partial charge in [-0.1, -0.05) is 111 Å². The molecule has 0 saturated carbocycles. The van der Waals surface area contributed by atoms with E-state index in [0.29, 0.717) is 11.2 Å². The summed E-state index contributed by atoms with van der Waals surface area (Å²) >= 11 is 2.05. The van der Waals surface area contributed by atoms with Crippen molar-refractivity contribution in [1.29, 1.82) is 0 Å². The molecular formula is C57H50N2S. The lowest BCUT2D eigenvalue weighted by atomic mass is 9.80. The molecule has 7 aromatic rings. The van der Waals surface area contributed by atoms with Crippen molar-refractivity contribution in [2.75, 3.05) is 4.90 Å². The van der Waals surface area contributed by atoms with E-state index >= 15 is 0 Å². The second-order valence-corrected chi connectivity index (χ2v) is 19.3. The fraction of sp³-hybridized carbons (Fsp3) is 0.228. The molecule has 0 fully saturated rings. The fourth-order valence-corrected chi connectivity index (χ4v) is 12.7. The molecule has 12 rings (SSSR count). The highest BCUT2D eigenvalue weighted by molar-refractivity contribution is 8.00. The van der Waals surface area contributed by atoms with Crippen LogP contribution < -0.4 is 4.90 Å². The second kappa shape index (κ2) is 14.2. The molecule has 0 radical (unpaired) electrons. The Hall–Kier alpha value is -5.77. The van der Waals surface area contributed by atoms with Crippen LogP contribution in [0.25, 0.3) is 49.8 Å². The number of hydrogen-bond acceptors (Lipinski definition) is 2. The standard InChI is InChI=1S/C57H50N2S/c1-57(2)50-17-9-6-14-45(50)46-33-32-44(36-51(46)57)58(41-26-20-38(21-27-41)37-12-4-3-5-13-37)42-28-22-39(23-29-42)40-24-30-43(31-25-40)59-52-18-10-7-15-47(52)48-34-35-54-55(56(48)59)49-16-8-11-19-53(49)60-54/h7,9-12,15,17-36,49,53H,3-6,8,13-14,16H2,1-2H3. The molecule has 2 heterocycles. The normalized spacial score (nSPS) is 19.9. The van der Waals surface area contributed by atoms with Crippen molar-refractivity contribution in [3.05, 3.63) is 186 Å². The topological polar surface area (TPSA) is 8.17 Å². The van der Waals surface area contributed by atoms with Gasteiger partial charge >= 0.3 is 0 Å². The first kappa shape index (κ1) is 36.1. The number of fused-ring (bicyclic) bond motifs is 9. The van der Waals surface area contributed by atoms with Gasteiger partial charge in [0.05, 0.1) is 11.0 Å². The zero-order chi connectivity index (χ0) is 40.0. The molecule has 6 aromatic carbocycles. The molecule has 3 heteroatoms. The van der Waals surface area contributed by atoms with Crippen molar-refractivity contribution >= 4 is 61.8 Å². The van der Waals surface area contributed by atoms with E-state index in [0.717, 1.165) is 19.3 Å². The average molecular weight is 795 g/mol. The summed E-state index contributed by atoms with van der Waals surface area (Å²) in [7, 11) is 0. The minimum atomic E-state index is -0.0233. The molecule has 1 aliphatic heterocycles. The highest BCUT2D eigenvalue weighted by atomic mass is 32.2. The fourth-order valence-electron chi connectivity index (χ4n) is 11.3. The summed E-state index contributed by atoms with van der Waals surface area (Å²) in [6, 6.07) is 48.8. The Bertz CT molecular complexity index is 2970. The summed E-state index contributed by atoms with van der Waals surface area (Å²) in [4.78, 5) is 3.91. The van der Waals surface area contributed by atoms with Crippen LogP contribution in [-0.2, 0) is 5.41 Å². The third-order valence-corrected chi connectivity index (χ3v) is 15.7. The first-order valence-corrected chi connectivity index (χ1v) is 23.1. The molecule has 60 heavy (non-hydrogen) atoms. The lowest BCUT2D eigenvalue weighted by Gasteiger charge is -2.29. The number of anilines is 3. The predicted octanol–water partition coefficient (Wildman–Crippen LogP) is 16.2. The molecule has 5 aliphatic rings. The maximum atomic E-state index is 2.55. The van der Waals surface area contributed by atoms with Crippen LogP contribution in [0.2, 0.25) is 0 Å². The van der Waals surface area contributed by atoms with Crippen LogP contribution in [0.5, 0.6) is 0 Å². The third-order valence-electron chi connectivity index (χ3n) is 14.3. The van der Waals surface area contributed by atoms with Crippen LogP contribution in [0.3, 0.4) is 0 Å². The van der Waals surface area contributed by atoms with Gasteiger partial charge in [-0.05, 0) is 162 Å². The van der Waals surface area contributed by atoms with Crippen LogP contribution in [0.1, 0.15) is 93.4 Å². The second-order valence-electron chi connectivity index (χ2n) is 18.1. The molecule has 1 aromatic heterocycles. The van der Waals surface area contributed by atoms with Crippen LogP contribution in [0.4, 0.5) is 17.1 Å². The summed E-state index contributed by atoms with van der Waals surface area (Å²) < 4.78 is 2.55. The number of para-hydroxylation sites is 1. The Morgan fingerprint density at radius 3 is 2.20 bits per heavy atom. The Labute approximate surface area is 358 Å². The first-order valence-electron chi connectivity index (χ1n) is 22.3. The van der Waals surface area contributed by atoms with Gasteiger partial charge < -0.3 is 9.47 Å². The molecule has 2 atom stereocenters. The molecule has 0 bridgehead atoms. The quantitative estimate of drug-likeness (QED) is 0.155. The molecule has 0 amide bonds. The minimum Gasteiger partial charge on any atom is -0.310 e. The largest absolute Gasteiger partial charge is 0.310 e. The number of rotatable bonds is 6. The number of nitrogens with zero attached hydrogens (tertiary/aromatic N) is 2. The number of benzene rings is 6. The van der Waals surface area contributed by atoms with E-state index in [2.05, 4.69) is 193 Å². The van der Waals surface area contributed by atoms with E-state index in [-0.39, 0.29) is 5.41 Å². The van der Waals surface area contributed by atoms with E-state index in [1.165, 1.54) is 126 Å². The van der Waals surface area contributed by atoms with Gasteiger partial charge in [0.15, 0.2) is 0 Å². The van der Waals surface area contributed by atoms with E-state index < -0.39 is 0 Å². The van der Waals surface area contributed by atoms with Crippen molar-refractivity contribution in [2.24, 2.45) is 0 Å². The molecule has 0 saturated heterocycles. The van der Waals surface area contributed by atoms with Crippen LogP contribution in [0.15, 0.2) is 168 Å². The number of aromatic nitrogens is 1.